The van der Waals surface area contributed by atoms with Crippen molar-refractivity contribution in [2.24, 2.45) is 11.7 Å². The maximum atomic E-state index is 13.6. The second-order valence-corrected chi connectivity index (χ2v) is 12.1. The minimum absolute atomic E-state index is 0.0168. The standard InChI is InChI=1S/C27H44N4O5S/c1-6-36-27(33)20-13-15-31(16-14-20)26(32)23(9-7-8-10-25(28)29)30-37(34,35)24-12-11-21(18(2)3)17-22(24)19(4)5/h11-12,17-20,23,30H,6-10,13-16H2,1-5H3,(H3,28,29)/t23-/m0/s1. The maximum Gasteiger partial charge on any atom is 0.309 e. The molecule has 37 heavy (non-hydrogen) atoms. The van der Waals surface area contributed by atoms with Gasteiger partial charge in [0, 0.05) is 19.5 Å². The number of amides is 1. The number of amidine groups is 1. The van der Waals surface area contributed by atoms with Gasteiger partial charge in [-0.05, 0) is 61.6 Å². The Balaban J connectivity index is 2.25. The minimum atomic E-state index is -3.98. The lowest BCUT2D eigenvalue weighted by Crippen LogP contribution is -2.51. The third-order valence-corrected chi connectivity index (χ3v) is 8.37. The molecule has 1 aromatic carbocycles. The molecule has 2 rings (SSSR count). The van der Waals surface area contributed by atoms with E-state index in [0.29, 0.717) is 58.2 Å². The lowest BCUT2D eigenvalue weighted by molar-refractivity contribution is -0.151. The van der Waals surface area contributed by atoms with Gasteiger partial charge in [-0.25, -0.2) is 8.42 Å². The average Bonchev–Trinajstić information content (AvgIpc) is 2.85. The Bertz CT molecular complexity index is 1050. The first-order valence-corrected chi connectivity index (χ1v) is 14.8. The van der Waals surface area contributed by atoms with Crippen molar-refractivity contribution in [3.63, 3.8) is 0 Å². The van der Waals surface area contributed by atoms with Crippen LogP contribution >= 0.6 is 0 Å². The number of hydrogen-bond acceptors (Lipinski definition) is 6. The zero-order valence-corrected chi connectivity index (χ0v) is 23.7. The number of rotatable bonds is 13. The summed E-state index contributed by atoms with van der Waals surface area (Å²) in [5.41, 5.74) is 7.24. The summed E-state index contributed by atoms with van der Waals surface area (Å²) in [5, 5.41) is 7.43. The summed E-state index contributed by atoms with van der Waals surface area (Å²) in [4.78, 5) is 27.4. The highest BCUT2D eigenvalue weighted by atomic mass is 32.2. The van der Waals surface area contributed by atoms with Crippen LogP contribution in [0.25, 0.3) is 0 Å². The molecule has 1 fully saturated rings. The number of nitrogens with one attached hydrogen (secondary N) is 2. The molecule has 1 amide bonds. The number of carbonyl (C=O) groups excluding carboxylic acids is 2. The third-order valence-electron chi connectivity index (χ3n) is 6.82. The van der Waals surface area contributed by atoms with Gasteiger partial charge in [0.05, 0.1) is 23.3 Å². The molecule has 0 unspecified atom stereocenters. The van der Waals surface area contributed by atoms with Crippen molar-refractivity contribution in [1.29, 1.82) is 5.41 Å². The van der Waals surface area contributed by atoms with Gasteiger partial charge in [-0.2, -0.15) is 4.72 Å². The highest BCUT2D eigenvalue weighted by Gasteiger charge is 2.34. The summed E-state index contributed by atoms with van der Waals surface area (Å²) in [5.74, 6) is -0.480. The molecule has 1 heterocycles. The summed E-state index contributed by atoms with van der Waals surface area (Å²) in [6.45, 7) is 10.9. The molecule has 1 atom stereocenters. The van der Waals surface area contributed by atoms with Gasteiger partial charge in [-0.3, -0.25) is 15.0 Å². The zero-order chi connectivity index (χ0) is 27.8. The van der Waals surface area contributed by atoms with Gasteiger partial charge in [-0.15, -0.1) is 0 Å². The second kappa shape index (κ2) is 13.9. The van der Waals surface area contributed by atoms with Gasteiger partial charge in [0.2, 0.25) is 15.9 Å². The molecule has 1 aliphatic rings. The van der Waals surface area contributed by atoms with E-state index in [1.54, 1.807) is 17.9 Å². The van der Waals surface area contributed by atoms with E-state index >= 15 is 0 Å². The fraction of sp³-hybridized carbons (Fsp3) is 0.667. The Hall–Kier alpha value is -2.46. The molecule has 4 N–H and O–H groups in total. The predicted octanol–water partition coefficient (Wildman–Crippen LogP) is 3.88. The van der Waals surface area contributed by atoms with Crippen molar-refractivity contribution in [1.82, 2.24) is 9.62 Å². The summed E-state index contributed by atoms with van der Waals surface area (Å²) in [6.07, 6.45) is 2.80. The van der Waals surface area contributed by atoms with Crippen LogP contribution in [0.1, 0.15) is 96.1 Å². The number of piperidine rings is 1. The molecule has 208 valence electrons. The number of unbranched alkanes of at least 4 members (excludes halogenated alkanes) is 1. The summed E-state index contributed by atoms with van der Waals surface area (Å²) < 4.78 is 35.0. The fourth-order valence-electron chi connectivity index (χ4n) is 4.59. The Morgan fingerprint density at radius 1 is 1.14 bits per heavy atom. The first kappa shape index (κ1) is 30.8. The van der Waals surface area contributed by atoms with Crippen molar-refractivity contribution < 1.29 is 22.7 Å². The smallest absolute Gasteiger partial charge is 0.309 e. The fourth-order valence-corrected chi connectivity index (χ4v) is 6.16. The molecule has 0 saturated carbocycles. The van der Waals surface area contributed by atoms with E-state index in [-0.39, 0.29) is 40.4 Å². The number of nitrogens with zero attached hydrogens (tertiary/aromatic N) is 1. The van der Waals surface area contributed by atoms with E-state index in [2.05, 4.69) is 18.6 Å². The van der Waals surface area contributed by atoms with Crippen LogP contribution in [-0.2, 0) is 24.3 Å². The number of nitrogens with two attached hydrogens (primary N) is 1. The molecule has 1 aliphatic heterocycles. The molecule has 0 aliphatic carbocycles. The van der Waals surface area contributed by atoms with Crippen LogP contribution in [0.2, 0.25) is 0 Å². The molecular weight excluding hydrogens is 492 g/mol. The molecule has 0 radical (unpaired) electrons. The van der Waals surface area contributed by atoms with E-state index in [9.17, 15) is 18.0 Å². The van der Waals surface area contributed by atoms with E-state index in [4.69, 9.17) is 15.9 Å². The van der Waals surface area contributed by atoms with Crippen LogP contribution in [0.15, 0.2) is 23.1 Å². The van der Waals surface area contributed by atoms with Gasteiger partial charge in [0.1, 0.15) is 6.04 Å². The highest BCUT2D eigenvalue weighted by molar-refractivity contribution is 7.89. The van der Waals surface area contributed by atoms with Crippen LogP contribution in [0.3, 0.4) is 0 Å². The molecule has 0 bridgehead atoms. The van der Waals surface area contributed by atoms with E-state index in [0.717, 1.165) is 11.1 Å². The van der Waals surface area contributed by atoms with E-state index in [1.807, 2.05) is 26.0 Å². The summed E-state index contributed by atoms with van der Waals surface area (Å²) >= 11 is 0. The number of hydrogen-bond donors (Lipinski definition) is 3. The van der Waals surface area contributed by atoms with Gasteiger partial charge in [-0.1, -0.05) is 46.2 Å². The largest absolute Gasteiger partial charge is 0.466 e. The zero-order valence-electron chi connectivity index (χ0n) is 22.9. The maximum absolute atomic E-state index is 13.6. The highest BCUT2D eigenvalue weighted by Crippen LogP contribution is 2.29. The normalized spacial score (nSPS) is 15.7. The van der Waals surface area contributed by atoms with Crippen LogP contribution < -0.4 is 10.5 Å². The molecule has 0 aromatic heterocycles. The van der Waals surface area contributed by atoms with Crippen molar-refractivity contribution in [2.45, 2.75) is 95.9 Å². The monoisotopic (exact) mass is 536 g/mol. The van der Waals surface area contributed by atoms with E-state index < -0.39 is 16.1 Å². The third kappa shape index (κ3) is 8.81. The lowest BCUT2D eigenvalue weighted by Gasteiger charge is -2.33. The molecule has 10 heteroatoms. The summed E-state index contributed by atoms with van der Waals surface area (Å²) in [7, 11) is -3.98. The number of benzene rings is 1. The van der Waals surface area contributed by atoms with Crippen molar-refractivity contribution in [3.05, 3.63) is 29.3 Å². The predicted molar refractivity (Wildman–Crippen MR) is 145 cm³/mol. The van der Waals surface area contributed by atoms with Gasteiger partial charge >= 0.3 is 5.97 Å². The molecule has 1 aromatic rings. The van der Waals surface area contributed by atoms with Crippen LogP contribution in [0.4, 0.5) is 0 Å². The summed E-state index contributed by atoms with van der Waals surface area (Å²) in [6, 6.07) is 4.46. The topological polar surface area (TPSA) is 143 Å². The van der Waals surface area contributed by atoms with Crippen molar-refractivity contribution in [3.8, 4) is 0 Å². The SMILES string of the molecule is CCOC(=O)C1CCN(C(=O)[C@H](CCCCC(=N)N)NS(=O)(=O)c2ccc(C(C)C)cc2C(C)C)CC1. The minimum Gasteiger partial charge on any atom is -0.466 e. The van der Waals surface area contributed by atoms with Gasteiger partial charge < -0.3 is 15.4 Å². The average molecular weight is 537 g/mol. The van der Waals surface area contributed by atoms with Gasteiger partial charge in [0.15, 0.2) is 0 Å². The number of likely N-dealkylation sites (tertiary alicyclic amines) is 1. The quantitative estimate of drug-likeness (QED) is 0.151. The lowest BCUT2D eigenvalue weighted by atomic mass is 9.96. The van der Waals surface area contributed by atoms with Crippen molar-refractivity contribution >= 4 is 27.7 Å². The Morgan fingerprint density at radius 2 is 1.78 bits per heavy atom. The number of sulfonamides is 1. The molecular formula is C27H44N4O5S. The Labute approximate surface area is 222 Å². The number of ether oxygens (including phenoxy) is 1. The molecule has 9 nitrogen and oxygen atoms in total. The number of carbonyl (C=O) groups is 2. The second-order valence-electron chi connectivity index (χ2n) is 10.4. The van der Waals surface area contributed by atoms with Crippen LogP contribution in [0, 0.1) is 11.3 Å². The van der Waals surface area contributed by atoms with Gasteiger partial charge in [0.25, 0.3) is 0 Å². The first-order valence-electron chi connectivity index (χ1n) is 13.3. The molecule has 0 spiro atoms. The molecule has 1 saturated heterocycles. The van der Waals surface area contributed by atoms with Crippen LogP contribution in [-0.4, -0.2) is 56.8 Å². The van der Waals surface area contributed by atoms with E-state index in [1.165, 1.54) is 0 Å². The van der Waals surface area contributed by atoms with Crippen molar-refractivity contribution in [2.75, 3.05) is 19.7 Å². The Kier molecular flexibility index (Phi) is 11.6. The van der Waals surface area contributed by atoms with Crippen LogP contribution in [0.5, 0.6) is 0 Å². The number of esters is 1. The Morgan fingerprint density at radius 3 is 2.32 bits per heavy atom. The first-order chi connectivity index (χ1) is 17.4.